The maximum Gasteiger partial charge on any atom is 0.159 e. The van der Waals surface area contributed by atoms with Crippen LogP contribution in [-0.2, 0) is 0 Å². The Hall–Kier alpha value is -0.880. The number of ether oxygens (including phenoxy) is 1. The fourth-order valence-corrected chi connectivity index (χ4v) is 4.28. The lowest BCUT2D eigenvalue weighted by Gasteiger charge is -2.37. The SMILES string of the molecule is COc1ccccc1N1CCN(C2=NCC(CBr)S2)CC1. The first-order valence-corrected chi connectivity index (χ1v) is 9.22. The number of aliphatic imine (C=N–C) groups is 1. The second-order valence-electron chi connectivity index (χ2n) is 5.16. The lowest BCUT2D eigenvalue weighted by molar-refractivity contribution is 0.383. The zero-order valence-electron chi connectivity index (χ0n) is 12.2. The molecule has 3 rings (SSSR count). The third kappa shape index (κ3) is 3.31. The summed E-state index contributed by atoms with van der Waals surface area (Å²) < 4.78 is 5.47. The molecule has 1 aromatic carbocycles. The highest BCUT2D eigenvalue weighted by atomic mass is 79.9. The molecule has 0 N–H and O–H groups in total. The van der Waals surface area contributed by atoms with Gasteiger partial charge in [-0.3, -0.25) is 4.99 Å². The quantitative estimate of drug-likeness (QED) is 0.765. The van der Waals surface area contributed by atoms with Gasteiger partial charge in [0.2, 0.25) is 0 Å². The summed E-state index contributed by atoms with van der Waals surface area (Å²) in [5.74, 6) is 0.956. The normalized spacial score (nSPS) is 22.4. The molecule has 1 atom stereocenters. The van der Waals surface area contributed by atoms with Crippen LogP contribution in [0.5, 0.6) is 5.75 Å². The Kier molecular flexibility index (Phi) is 4.95. The van der Waals surface area contributed by atoms with Crippen molar-refractivity contribution in [3.63, 3.8) is 0 Å². The summed E-state index contributed by atoms with van der Waals surface area (Å²) in [5, 5.41) is 2.85. The van der Waals surface area contributed by atoms with Crippen molar-refractivity contribution < 1.29 is 4.74 Å². The van der Waals surface area contributed by atoms with Gasteiger partial charge in [-0.2, -0.15) is 0 Å². The van der Waals surface area contributed by atoms with Gasteiger partial charge in [-0.1, -0.05) is 39.8 Å². The predicted molar refractivity (Wildman–Crippen MR) is 94.3 cm³/mol. The topological polar surface area (TPSA) is 28.1 Å². The van der Waals surface area contributed by atoms with Crippen LogP contribution in [0.15, 0.2) is 29.3 Å². The van der Waals surface area contributed by atoms with Gasteiger partial charge in [0, 0.05) is 36.8 Å². The van der Waals surface area contributed by atoms with Crippen molar-refractivity contribution in [2.75, 3.05) is 50.1 Å². The van der Waals surface area contributed by atoms with Crippen molar-refractivity contribution in [2.45, 2.75) is 5.25 Å². The van der Waals surface area contributed by atoms with Crippen LogP contribution >= 0.6 is 27.7 Å². The number of nitrogens with zero attached hydrogens (tertiary/aromatic N) is 3. The molecule has 21 heavy (non-hydrogen) atoms. The average molecular weight is 370 g/mol. The van der Waals surface area contributed by atoms with E-state index in [9.17, 15) is 0 Å². The summed E-state index contributed by atoms with van der Waals surface area (Å²) in [6.45, 7) is 5.02. The van der Waals surface area contributed by atoms with Crippen LogP contribution in [0.25, 0.3) is 0 Å². The second-order valence-corrected chi connectivity index (χ2v) is 7.08. The highest BCUT2D eigenvalue weighted by molar-refractivity contribution is 9.09. The molecule has 0 bridgehead atoms. The molecule has 0 aromatic heterocycles. The van der Waals surface area contributed by atoms with E-state index in [4.69, 9.17) is 4.74 Å². The van der Waals surface area contributed by atoms with Crippen LogP contribution in [0, 0.1) is 0 Å². The van der Waals surface area contributed by atoms with E-state index in [0.29, 0.717) is 5.25 Å². The Morgan fingerprint density at radius 3 is 2.62 bits per heavy atom. The van der Waals surface area contributed by atoms with Crippen LogP contribution < -0.4 is 9.64 Å². The van der Waals surface area contributed by atoms with E-state index in [1.54, 1.807) is 7.11 Å². The number of rotatable bonds is 3. The van der Waals surface area contributed by atoms with Gasteiger partial charge >= 0.3 is 0 Å². The Bertz CT molecular complexity index is 517. The van der Waals surface area contributed by atoms with Crippen LogP contribution in [0.1, 0.15) is 0 Å². The Labute approximate surface area is 138 Å². The molecule has 2 heterocycles. The first-order valence-electron chi connectivity index (χ1n) is 7.22. The molecular weight excluding hydrogens is 350 g/mol. The van der Waals surface area contributed by atoms with Gasteiger partial charge in [0.1, 0.15) is 5.75 Å². The largest absolute Gasteiger partial charge is 0.495 e. The third-order valence-corrected chi connectivity index (χ3v) is 6.31. The van der Waals surface area contributed by atoms with E-state index < -0.39 is 0 Å². The van der Waals surface area contributed by atoms with E-state index in [0.717, 1.165) is 43.8 Å². The molecule has 0 radical (unpaired) electrons. The maximum absolute atomic E-state index is 5.47. The summed E-state index contributed by atoms with van der Waals surface area (Å²) in [5.41, 5.74) is 1.19. The van der Waals surface area contributed by atoms with E-state index in [1.165, 1.54) is 10.9 Å². The van der Waals surface area contributed by atoms with Crippen LogP contribution in [-0.4, -0.2) is 60.5 Å². The minimum Gasteiger partial charge on any atom is -0.495 e. The number of para-hydroxylation sites is 2. The van der Waals surface area contributed by atoms with Gasteiger partial charge in [0.25, 0.3) is 0 Å². The molecule has 1 unspecified atom stereocenters. The van der Waals surface area contributed by atoms with Crippen molar-refractivity contribution in [1.82, 2.24) is 4.90 Å². The first-order chi connectivity index (χ1) is 10.3. The molecule has 1 saturated heterocycles. The Morgan fingerprint density at radius 2 is 1.95 bits per heavy atom. The minimum atomic E-state index is 0.604. The van der Waals surface area contributed by atoms with Gasteiger partial charge < -0.3 is 14.5 Å². The van der Waals surface area contributed by atoms with Crippen molar-refractivity contribution in [1.29, 1.82) is 0 Å². The van der Waals surface area contributed by atoms with Gasteiger partial charge in [0.05, 0.1) is 19.3 Å². The molecule has 2 aliphatic rings. The number of amidine groups is 1. The lowest BCUT2D eigenvalue weighted by atomic mass is 10.2. The van der Waals surface area contributed by atoms with Gasteiger partial charge in [-0.25, -0.2) is 0 Å². The molecule has 2 aliphatic heterocycles. The summed E-state index contributed by atoms with van der Waals surface area (Å²) in [7, 11) is 1.74. The number of hydrogen-bond acceptors (Lipinski definition) is 5. The molecule has 0 spiro atoms. The van der Waals surface area contributed by atoms with Crippen LogP contribution in [0.3, 0.4) is 0 Å². The first kappa shape index (κ1) is 15.0. The zero-order chi connectivity index (χ0) is 14.7. The lowest BCUT2D eigenvalue weighted by Crippen LogP contribution is -2.48. The molecular formula is C15H20BrN3OS. The predicted octanol–water partition coefficient (Wildman–Crippen LogP) is 2.68. The van der Waals surface area contributed by atoms with E-state index in [1.807, 2.05) is 23.9 Å². The molecule has 0 saturated carbocycles. The van der Waals surface area contributed by atoms with Crippen LogP contribution in [0.2, 0.25) is 0 Å². The summed E-state index contributed by atoms with van der Waals surface area (Å²) in [6, 6.07) is 8.25. The number of halogens is 1. The van der Waals surface area contributed by atoms with Crippen molar-refractivity contribution in [3.8, 4) is 5.75 Å². The van der Waals surface area contributed by atoms with E-state index in [2.05, 4.69) is 42.9 Å². The fourth-order valence-electron chi connectivity index (χ4n) is 2.69. The number of thioether (sulfide) groups is 1. The number of piperazine rings is 1. The van der Waals surface area contributed by atoms with E-state index >= 15 is 0 Å². The van der Waals surface area contributed by atoms with Crippen molar-refractivity contribution in [2.24, 2.45) is 4.99 Å². The Balaban J connectivity index is 1.60. The smallest absolute Gasteiger partial charge is 0.159 e. The zero-order valence-corrected chi connectivity index (χ0v) is 14.6. The minimum absolute atomic E-state index is 0.604. The standard InChI is InChI=1S/C15H20BrN3OS/c1-20-14-5-3-2-4-13(14)18-6-8-19(9-7-18)15-17-11-12(10-16)21-15/h2-5,12H,6-11H2,1H3. The molecule has 4 nitrogen and oxygen atoms in total. The van der Waals surface area contributed by atoms with E-state index in [-0.39, 0.29) is 0 Å². The number of alkyl halides is 1. The number of anilines is 1. The molecule has 0 amide bonds. The van der Waals surface area contributed by atoms with Crippen molar-refractivity contribution in [3.05, 3.63) is 24.3 Å². The van der Waals surface area contributed by atoms with Gasteiger partial charge in [0.15, 0.2) is 5.17 Å². The molecule has 6 heteroatoms. The van der Waals surface area contributed by atoms with Crippen molar-refractivity contribution >= 4 is 38.5 Å². The Morgan fingerprint density at radius 1 is 1.24 bits per heavy atom. The molecule has 114 valence electrons. The third-order valence-electron chi connectivity index (χ3n) is 3.85. The molecule has 1 fully saturated rings. The summed E-state index contributed by atoms with van der Waals surface area (Å²) in [6.07, 6.45) is 0. The molecule has 1 aromatic rings. The summed E-state index contributed by atoms with van der Waals surface area (Å²) >= 11 is 5.46. The number of benzene rings is 1. The second kappa shape index (κ2) is 6.92. The highest BCUT2D eigenvalue weighted by Gasteiger charge is 2.26. The molecule has 0 aliphatic carbocycles. The highest BCUT2D eigenvalue weighted by Crippen LogP contribution is 2.30. The monoisotopic (exact) mass is 369 g/mol. The van der Waals surface area contributed by atoms with Gasteiger partial charge in [-0.15, -0.1) is 0 Å². The summed E-state index contributed by atoms with van der Waals surface area (Å²) in [4.78, 5) is 9.49. The number of methoxy groups -OCH3 is 1. The fraction of sp³-hybridized carbons (Fsp3) is 0.533. The van der Waals surface area contributed by atoms with Gasteiger partial charge in [-0.05, 0) is 12.1 Å². The number of hydrogen-bond donors (Lipinski definition) is 0. The average Bonchev–Trinajstić information content (AvgIpc) is 3.04. The maximum atomic E-state index is 5.47. The van der Waals surface area contributed by atoms with Crippen LogP contribution in [0.4, 0.5) is 5.69 Å².